The van der Waals surface area contributed by atoms with Crippen molar-refractivity contribution in [3.8, 4) is 17.1 Å². The van der Waals surface area contributed by atoms with Gasteiger partial charge in [0.05, 0.1) is 7.11 Å². The molecule has 2 heterocycles. The van der Waals surface area contributed by atoms with Crippen LogP contribution in [-0.4, -0.2) is 42.1 Å². The van der Waals surface area contributed by atoms with Gasteiger partial charge in [0.15, 0.2) is 5.82 Å². The first-order valence-electron chi connectivity index (χ1n) is 12.2. The number of anilines is 1. The number of hydrogen-bond acceptors (Lipinski definition) is 5. The molecule has 34 heavy (non-hydrogen) atoms. The van der Waals surface area contributed by atoms with Crippen LogP contribution in [0.15, 0.2) is 60.8 Å². The zero-order valence-electron chi connectivity index (χ0n) is 20.3. The highest BCUT2D eigenvalue weighted by molar-refractivity contribution is 5.99. The molecule has 2 aromatic carbocycles. The Bertz CT molecular complexity index is 1080. The van der Waals surface area contributed by atoms with E-state index in [1.807, 2.05) is 31.2 Å². The molecular formula is C28H34N4O2. The molecule has 1 amide bonds. The number of ether oxygens (including phenoxy) is 1. The third kappa shape index (κ3) is 5.74. The maximum atomic E-state index is 13.1. The molecule has 0 saturated carbocycles. The molecular weight excluding hydrogens is 424 g/mol. The van der Waals surface area contributed by atoms with Gasteiger partial charge in [0.25, 0.3) is 5.91 Å². The van der Waals surface area contributed by atoms with E-state index in [1.165, 1.54) is 5.56 Å². The van der Waals surface area contributed by atoms with E-state index in [-0.39, 0.29) is 11.9 Å². The minimum Gasteiger partial charge on any atom is -0.497 e. The van der Waals surface area contributed by atoms with Crippen LogP contribution in [-0.2, 0) is 6.42 Å². The van der Waals surface area contributed by atoms with E-state index in [1.54, 1.807) is 13.3 Å². The number of carbonyl (C=O) groups is 1. The van der Waals surface area contributed by atoms with Crippen molar-refractivity contribution < 1.29 is 9.53 Å². The average molecular weight is 459 g/mol. The summed E-state index contributed by atoms with van der Waals surface area (Å²) in [6.07, 6.45) is 5.79. The fourth-order valence-corrected chi connectivity index (χ4v) is 4.35. The van der Waals surface area contributed by atoms with Crippen molar-refractivity contribution in [2.45, 2.75) is 45.6 Å². The summed E-state index contributed by atoms with van der Waals surface area (Å²) in [4.78, 5) is 24.8. The van der Waals surface area contributed by atoms with Crippen LogP contribution in [0.2, 0.25) is 0 Å². The van der Waals surface area contributed by atoms with Gasteiger partial charge in [-0.1, -0.05) is 37.3 Å². The normalized spacial score (nSPS) is 15.1. The van der Waals surface area contributed by atoms with Crippen LogP contribution in [0.25, 0.3) is 11.4 Å². The van der Waals surface area contributed by atoms with E-state index in [2.05, 4.69) is 52.5 Å². The fourth-order valence-electron chi connectivity index (χ4n) is 4.35. The topological polar surface area (TPSA) is 67.3 Å². The SMILES string of the molecule is CC[C@H](C)NC(=O)c1cnc(-c2ccc(OC)cc2)nc1N1CCC(Cc2ccccc2)CC1. The molecule has 1 atom stereocenters. The van der Waals surface area contributed by atoms with Gasteiger partial charge in [0.2, 0.25) is 0 Å². The molecule has 1 saturated heterocycles. The quantitative estimate of drug-likeness (QED) is 0.506. The summed E-state index contributed by atoms with van der Waals surface area (Å²) in [5, 5.41) is 3.08. The van der Waals surface area contributed by atoms with Crippen LogP contribution in [0, 0.1) is 5.92 Å². The fraction of sp³-hybridized carbons (Fsp3) is 0.393. The maximum Gasteiger partial charge on any atom is 0.256 e. The maximum absolute atomic E-state index is 13.1. The largest absolute Gasteiger partial charge is 0.497 e. The Labute approximate surface area is 202 Å². The highest BCUT2D eigenvalue weighted by Crippen LogP contribution is 2.29. The first-order chi connectivity index (χ1) is 16.6. The minimum absolute atomic E-state index is 0.0956. The number of nitrogens with one attached hydrogen (secondary N) is 1. The van der Waals surface area contributed by atoms with E-state index in [0.717, 1.165) is 55.9 Å². The summed E-state index contributed by atoms with van der Waals surface area (Å²) in [5.74, 6) is 2.65. The molecule has 1 aliphatic rings. The molecule has 178 valence electrons. The summed E-state index contributed by atoms with van der Waals surface area (Å²) in [6, 6.07) is 18.5. The van der Waals surface area contributed by atoms with Crippen molar-refractivity contribution in [2.75, 3.05) is 25.1 Å². The van der Waals surface area contributed by atoms with Crippen LogP contribution >= 0.6 is 0 Å². The van der Waals surface area contributed by atoms with Gasteiger partial charge in [-0.2, -0.15) is 0 Å². The van der Waals surface area contributed by atoms with Crippen molar-refractivity contribution >= 4 is 11.7 Å². The van der Waals surface area contributed by atoms with Gasteiger partial charge < -0.3 is 15.0 Å². The number of methoxy groups -OCH3 is 1. The monoisotopic (exact) mass is 458 g/mol. The molecule has 3 aromatic rings. The second-order valence-corrected chi connectivity index (χ2v) is 9.06. The number of amides is 1. The summed E-state index contributed by atoms with van der Waals surface area (Å²) in [7, 11) is 1.65. The van der Waals surface area contributed by atoms with Crippen LogP contribution < -0.4 is 15.0 Å². The number of rotatable bonds is 8. The Hall–Kier alpha value is -3.41. The molecule has 4 rings (SSSR count). The van der Waals surface area contributed by atoms with Crippen molar-refractivity contribution in [1.29, 1.82) is 0 Å². The van der Waals surface area contributed by atoms with Gasteiger partial charge in [-0.25, -0.2) is 9.97 Å². The number of aromatic nitrogens is 2. The summed E-state index contributed by atoms with van der Waals surface area (Å²) in [5.41, 5.74) is 2.83. The number of nitrogens with zero attached hydrogens (tertiary/aromatic N) is 3. The highest BCUT2D eigenvalue weighted by atomic mass is 16.5. The van der Waals surface area contributed by atoms with Gasteiger partial charge >= 0.3 is 0 Å². The van der Waals surface area contributed by atoms with Crippen LogP contribution in [0.1, 0.15) is 49.0 Å². The van der Waals surface area contributed by atoms with Crippen molar-refractivity contribution in [1.82, 2.24) is 15.3 Å². The Morgan fingerprint density at radius 3 is 2.47 bits per heavy atom. The van der Waals surface area contributed by atoms with Crippen molar-refractivity contribution in [3.05, 3.63) is 71.9 Å². The lowest BCUT2D eigenvalue weighted by molar-refractivity contribution is 0.0939. The zero-order valence-corrected chi connectivity index (χ0v) is 20.3. The molecule has 1 aliphatic heterocycles. The van der Waals surface area contributed by atoms with E-state index < -0.39 is 0 Å². The zero-order chi connectivity index (χ0) is 23.9. The Balaban J connectivity index is 1.56. The molecule has 0 aliphatic carbocycles. The molecule has 1 aromatic heterocycles. The van der Waals surface area contributed by atoms with Crippen LogP contribution in [0.5, 0.6) is 5.75 Å². The third-order valence-corrected chi connectivity index (χ3v) is 6.63. The lowest BCUT2D eigenvalue weighted by atomic mass is 9.90. The molecule has 0 bridgehead atoms. The number of benzene rings is 2. The van der Waals surface area contributed by atoms with E-state index in [0.29, 0.717) is 17.3 Å². The predicted molar refractivity (Wildman–Crippen MR) is 136 cm³/mol. The molecule has 0 radical (unpaired) electrons. The molecule has 1 N–H and O–H groups in total. The van der Waals surface area contributed by atoms with Crippen molar-refractivity contribution in [3.63, 3.8) is 0 Å². The van der Waals surface area contributed by atoms with Gasteiger partial charge in [0.1, 0.15) is 17.1 Å². The van der Waals surface area contributed by atoms with Gasteiger partial charge in [-0.15, -0.1) is 0 Å². The molecule has 0 spiro atoms. The third-order valence-electron chi connectivity index (χ3n) is 6.63. The number of hydrogen-bond donors (Lipinski definition) is 1. The Morgan fingerprint density at radius 2 is 1.82 bits per heavy atom. The van der Waals surface area contributed by atoms with Crippen LogP contribution in [0.4, 0.5) is 5.82 Å². The standard InChI is InChI=1S/C28H34N4O2/c1-4-20(2)30-28(33)25-19-29-26(23-10-12-24(34-3)13-11-23)31-27(25)32-16-14-22(15-17-32)18-21-8-6-5-7-9-21/h5-13,19-20,22H,4,14-18H2,1-3H3,(H,30,33)/t20-/m0/s1. The summed E-state index contributed by atoms with van der Waals surface area (Å²) < 4.78 is 5.27. The summed E-state index contributed by atoms with van der Waals surface area (Å²) >= 11 is 0. The molecule has 0 unspecified atom stereocenters. The predicted octanol–water partition coefficient (Wildman–Crippen LogP) is 5.14. The molecule has 6 heteroatoms. The number of piperidine rings is 1. The summed E-state index contributed by atoms with van der Waals surface area (Å²) in [6.45, 7) is 5.83. The van der Waals surface area contributed by atoms with Gasteiger partial charge in [0, 0.05) is 30.9 Å². The molecule has 1 fully saturated rings. The van der Waals surface area contributed by atoms with E-state index in [4.69, 9.17) is 9.72 Å². The lowest BCUT2D eigenvalue weighted by Crippen LogP contribution is -2.38. The smallest absolute Gasteiger partial charge is 0.256 e. The number of carbonyl (C=O) groups excluding carboxylic acids is 1. The van der Waals surface area contributed by atoms with Crippen molar-refractivity contribution in [2.24, 2.45) is 5.92 Å². The Morgan fingerprint density at radius 1 is 1.12 bits per heavy atom. The first-order valence-corrected chi connectivity index (χ1v) is 12.2. The van der Waals surface area contributed by atoms with Gasteiger partial charge in [-0.05, 0) is 68.4 Å². The highest BCUT2D eigenvalue weighted by Gasteiger charge is 2.26. The molecule has 6 nitrogen and oxygen atoms in total. The Kier molecular flexibility index (Phi) is 7.78. The second kappa shape index (κ2) is 11.1. The van der Waals surface area contributed by atoms with Gasteiger partial charge in [-0.3, -0.25) is 4.79 Å². The lowest BCUT2D eigenvalue weighted by Gasteiger charge is -2.34. The second-order valence-electron chi connectivity index (χ2n) is 9.06. The van der Waals surface area contributed by atoms with E-state index in [9.17, 15) is 4.79 Å². The van der Waals surface area contributed by atoms with E-state index >= 15 is 0 Å². The average Bonchev–Trinajstić information content (AvgIpc) is 2.89. The minimum atomic E-state index is -0.114. The first kappa shape index (κ1) is 23.7. The van der Waals surface area contributed by atoms with Crippen LogP contribution in [0.3, 0.4) is 0 Å².